The van der Waals surface area contributed by atoms with Gasteiger partial charge in [0.1, 0.15) is 22.6 Å². The molecule has 3 aliphatic rings. The van der Waals surface area contributed by atoms with Crippen LogP contribution in [0.4, 0.5) is 4.79 Å². The average molecular weight is 791 g/mol. The lowest BCUT2D eigenvalue weighted by Crippen LogP contribution is -2.85. The van der Waals surface area contributed by atoms with Crippen LogP contribution in [0.25, 0.3) is 0 Å². The van der Waals surface area contributed by atoms with Gasteiger partial charge < -0.3 is 35.4 Å². The lowest BCUT2D eigenvalue weighted by Gasteiger charge is -2.56. The van der Waals surface area contributed by atoms with Gasteiger partial charge in [-0.25, -0.2) is 9.59 Å². The van der Waals surface area contributed by atoms with E-state index in [-0.39, 0.29) is 60.3 Å². The normalized spacial score (nSPS) is 20.2. The summed E-state index contributed by atoms with van der Waals surface area (Å²) in [4.78, 5) is 118. The van der Waals surface area contributed by atoms with Crippen molar-refractivity contribution in [3.63, 3.8) is 0 Å². The number of hydrogen-bond acceptors (Lipinski definition) is 16. The maximum atomic E-state index is 14.2. The summed E-state index contributed by atoms with van der Waals surface area (Å²) in [6.07, 6.45) is 0.138. The molecule has 0 spiro atoms. The number of hydrogen-bond donors (Lipinski definition) is 4. The summed E-state index contributed by atoms with van der Waals surface area (Å²) in [5, 5.41) is 23.7. The number of benzene rings is 1. The van der Waals surface area contributed by atoms with Crippen LogP contribution in [0.1, 0.15) is 32.4 Å². The monoisotopic (exact) mass is 790 g/mol. The minimum absolute atomic E-state index is 0.00922. The van der Waals surface area contributed by atoms with Crippen molar-refractivity contribution in [1.29, 1.82) is 0 Å². The molecule has 20 nitrogen and oxygen atoms in total. The van der Waals surface area contributed by atoms with Crippen LogP contribution in [-0.4, -0.2) is 126 Å². The number of β-lactam (4-membered cyclic amide) rings is 1. The zero-order valence-electron chi connectivity index (χ0n) is 28.0. The highest BCUT2D eigenvalue weighted by Gasteiger charge is 2.66. The van der Waals surface area contributed by atoms with Gasteiger partial charge in [-0.1, -0.05) is 29.2 Å². The van der Waals surface area contributed by atoms with Gasteiger partial charge in [-0.2, -0.15) is 0 Å². The molecule has 4 N–H and O–H groups in total. The first-order valence-corrected chi connectivity index (χ1v) is 18.4. The Morgan fingerprint density at radius 3 is 2.43 bits per heavy atom. The van der Waals surface area contributed by atoms with Gasteiger partial charge in [-0.3, -0.25) is 43.4 Å². The fourth-order valence-corrected chi connectivity index (χ4v) is 8.65. The van der Waals surface area contributed by atoms with Gasteiger partial charge in [0.25, 0.3) is 5.91 Å². The molecule has 1 aromatic carbocycles. The molecule has 3 aliphatic heterocycles. The number of nitrogens with one attached hydrogen (secondary N) is 3. The Kier molecular flexibility index (Phi) is 11.7. The summed E-state index contributed by atoms with van der Waals surface area (Å²) in [6, 6.07) is 0.452. The average Bonchev–Trinajstić information content (AvgIpc) is 3.64. The molecule has 3 atom stereocenters. The van der Waals surface area contributed by atoms with Gasteiger partial charge in [0.15, 0.2) is 15.8 Å². The Bertz CT molecular complexity index is 1920. The second-order valence-electron chi connectivity index (χ2n) is 11.3. The first-order valence-electron chi connectivity index (χ1n) is 15.5. The molecule has 2 saturated heterocycles. The standard InChI is InChI=1S/C30H30N8O12S3/c1-4-36-7-8-37(24(44)23(36)43)28(48)33-20(16-5-6-18(49-14(2)40)19(9-16)50-15(3)41)22(42)34-30(31-12-39)26(47)38-21(25(45)46)17(10-51-27(30)38)11-52-29-35-32-13-53-29/h5-6,9,12-13,20,27H,4,7-8,10-11H2,1-3H3,(H,31,39)(H,33,48)(H,34,42)(H,45,46)/t20?,27-,30+/m0/s1. The fraction of sp³-hybridized carbons (Fsp3) is 0.367. The first kappa shape index (κ1) is 38.7. The molecular formula is C30H30N8O12S3. The van der Waals surface area contributed by atoms with E-state index in [4.69, 9.17) is 9.47 Å². The Balaban J connectivity index is 1.49. The van der Waals surface area contributed by atoms with Gasteiger partial charge in [0.2, 0.25) is 18.0 Å². The van der Waals surface area contributed by atoms with Crippen molar-refractivity contribution in [3.8, 4) is 11.5 Å². The molecular weight excluding hydrogens is 761 g/mol. The maximum Gasteiger partial charge on any atom is 0.352 e. The zero-order valence-corrected chi connectivity index (χ0v) is 30.4. The number of carboxylic acid groups (broad SMARTS) is 1. The number of carbonyl (C=O) groups is 9. The third kappa shape index (κ3) is 7.80. The molecule has 5 rings (SSSR count). The number of thioether (sulfide) groups is 2. The molecule has 23 heteroatoms. The number of amides is 7. The van der Waals surface area contributed by atoms with Gasteiger partial charge in [0.05, 0.1) is 0 Å². The molecule has 1 unspecified atom stereocenters. The SMILES string of the molecule is CCN1CCN(C(=O)NC(C(=O)N[C@]2(NC=O)C(=O)N3C(C(=O)O)=C(CSc4nncs4)CS[C@H]32)c2ccc(OC(C)=O)c(OC(C)=O)c2)C(=O)C1=O. The number of rotatable bonds is 13. The largest absolute Gasteiger partial charge is 0.477 e. The molecule has 53 heavy (non-hydrogen) atoms. The van der Waals surface area contributed by atoms with Gasteiger partial charge in [-0.15, -0.1) is 22.0 Å². The van der Waals surface area contributed by atoms with Gasteiger partial charge in [-0.05, 0) is 30.2 Å². The van der Waals surface area contributed by atoms with Gasteiger partial charge in [0, 0.05) is 45.0 Å². The quantitative estimate of drug-likeness (QED) is 0.0377. The highest BCUT2D eigenvalue weighted by atomic mass is 32.2. The summed E-state index contributed by atoms with van der Waals surface area (Å²) in [5.74, 6) is -7.69. The number of carbonyl (C=O) groups excluding carboxylic acids is 8. The van der Waals surface area contributed by atoms with Crippen molar-refractivity contribution >= 4 is 88.8 Å². The second-order valence-corrected chi connectivity index (χ2v) is 14.4. The number of esters is 2. The van der Waals surface area contributed by atoms with Crippen LogP contribution in [-0.2, 0) is 38.4 Å². The van der Waals surface area contributed by atoms with Crippen LogP contribution >= 0.6 is 34.9 Å². The number of fused-ring (bicyclic) bond motifs is 1. The summed E-state index contributed by atoms with van der Waals surface area (Å²) < 4.78 is 10.8. The highest BCUT2D eigenvalue weighted by molar-refractivity contribution is 8.01. The van der Waals surface area contributed by atoms with Crippen molar-refractivity contribution in [2.75, 3.05) is 31.1 Å². The van der Waals surface area contributed by atoms with E-state index >= 15 is 0 Å². The number of aliphatic carboxylic acids is 1. The van der Waals surface area contributed by atoms with Crippen molar-refractivity contribution < 1.29 is 57.7 Å². The maximum absolute atomic E-state index is 14.2. The summed E-state index contributed by atoms with van der Waals surface area (Å²) in [7, 11) is 0. The van der Waals surface area contributed by atoms with Crippen molar-refractivity contribution in [2.24, 2.45) is 0 Å². The minimum Gasteiger partial charge on any atom is -0.477 e. The predicted molar refractivity (Wildman–Crippen MR) is 183 cm³/mol. The molecule has 4 heterocycles. The number of urea groups is 1. The fourth-order valence-electron chi connectivity index (χ4n) is 5.60. The van der Waals surface area contributed by atoms with E-state index < -0.39 is 64.6 Å². The van der Waals surface area contributed by atoms with Crippen molar-refractivity contribution in [2.45, 2.75) is 42.2 Å². The van der Waals surface area contributed by atoms with E-state index in [1.165, 1.54) is 39.6 Å². The molecule has 7 amide bonds. The van der Waals surface area contributed by atoms with E-state index in [9.17, 15) is 48.3 Å². The third-order valence-electron chi connectivity index (χ3n) is 7.95. The zero-order chi connectivity index (χ0) is 38.6. The smallest absolute Gasteiger partial charge is 0.352 e. The van der Waals surface area contributed by atoms with E-state index in [2.05, 4.69) is 26.1 Å². The van der Waals surface area contributed by atoms with Crippen LogP contribution in [0.3, 0.4) is 0 Å². The van der Waals surface area contributed by atoms with E-state index in [0.717, 1.165) is 42.6 Å². The summed E-state index contributed by atoms with van der Waals surface area (Å²) in [6.45, 7) is 3.78. The molecule has 0 aliphatic carbocycles. The minimum atomic E-state index is -2.22. The van der Waals surface area contributed by atoms with Crippen LogP contribution in [0.2, 0.25) is 0 Å². The number of likely N-dealkylation sites (N-methyl/N-ethyl adjacent to an activating group) is 1. The van der Waals surface area contributed by atoms with Gasteiger partial charge >= 0.3 is 35.8 Å². The number of nitrogens with zero attached hydrogens (tertiary/aromatic N) is 5. The second kappa shape index (κ2) is 16.0. The molecule has 2 fully saturated rings. The Morgan fingerprint density at radius 2 is 1.81 bits per heavy atom. The predicted octanol–water partition coefficient (Wildman–Crippen LogP) is -0.565. The van der Waals surface area contributed by atoms with Crippen LogP contribution in [0.5, 0.6) is 11.5 Å². The lowest BCUT2D eigenvalue weighted by atomic mass is 9.94. The molecule has 1 aromatic heterocycles. The van der Waals surface area contributed by atoms with Crippen molar-refractivity contribution in [3.05, 3.63) is 40.5 Å². The van der Waals surface area contributed by atoms with E-state index in [0.29, 0.717) is 14.8 Å². The number of aromatic nitrogens is 2. The summed E-state index contributed by atoms with van der Waals surface area (Å²) in [5.41, 5.74) is -0.819. The third-order valence-corrected chi connectivity index (χ3v) is 11.3. The topological polar surface area (TPSA) is 264 Å². The van der Waals surface area contributed by atoms with E-state index in [1.54, 1.807) is 6.92 Å². The number of ether oxygens (including phenoxy) is 2. The Labute approximate surface area is 312 Å². The van der Waals surface area contributed by atoms with Crippen LogP contribution in [0, 0.1) is 0 Å². The first-order chi connectivity index (χ1) is 25.2. The Morgan fingerprint density at radius 1 is 1.09 bits per heavy atom. The number of piperazine rings is 1. The molecule has 280 valence electrons. The molecule has 0 radical (unpaired) electrons. The molecule has 0 saturated carbocycles. The summed E-state index contributed by atoms with van der Waals surface area (Å²) >= 11 is 3.51. The Hall–Kier alpha value is -5.55. The lowest BCUT2D eigenvalue weighted by molar-refractivity contribution is -0.163. The number of imide groups is 1. The highest BCUT2D eigenvalue weighted by Crippen LogP contribution is 2.46. The van der Waals surface area contributed by atoms with Crippen LogP contribution < -0.4 is 25.4 Å². The van der Waals surface area contributed by atoms with Crippen molar-refractivity contribution in [1.82, 2.24) is 40.8 Å². The van der Waals surface area contributed by atoms with E-state index in [1.807, 2.05) is 0 Å². The molecule has 2 aromatic rings. The number of carboxylic acids is 1. The molecule has 0 bridgehead atoms. The van der Waals surface area contributed by atoms with Crippen LogP contribution in [0.15, 0.2) is 39.3 Å².